The monoisotopic (exact) mass is 287 g/mol. The molecule has 2 rings (SSSR count). The number of esters is 1. The summed E-state index contributed by atoms with van der Waals surface area (Å²) in [7, 11) is 1.41. The van der Waals surface area contributed by atoms with E-state index in [0.29, 0.717) is 17.4 Å². The van der Waals surface area contributed by atoms with E-state index in [1.54, 1.807) is 0 Å². The second-order valence-electron chi connectivity index (χ2n) is 6.53. The van der Waals surface area contributed by atoms with Gasteiger partial charge in [-0.25, -0.2) is 4.79 Å². The predicted molar refractivity (Wildman–Crippen MR) is 86.7 cm³/mol. The first kappa shape index (κ1) is 15.6. The molecule has 0 bridgehead atoms. The van der Waals surface area contributed by atoms with Crippen LogP contribution in [-0.2, 0) is 17.6 Å². The van der Waals surface area contributed by atoms with E-state index < -0.39 is 0 Å². The van der Waals surface area contributed by atoms with Gasteiger partial charge in [0.25, 0.3) is 0 Å². The molecule has 0 saturated carbocycles. The number of hydrogen-bond acceptors (Lipinski definition) is 2. The number of ether oxygens (including phenoxy) is 1. The minimum absolute atomic E-state index is 0.290. The molecule has 2 aromatic rings. The fraction of sp³-hybridized carbons (Fsp3) is 0.500. The SMILES string of the molecule is COC(=O)c1ccc2c(CC(C)C)c(CC(C)C)[nH]c2c1. The summed E-state index contributed by atoms with van der Waals surface area (Å²) in [6, 6.07) is 5.79. The number of aromatic amines is 1. The lowest BCUT2D eigenvalue weighted by molar-refractivity contribution is 0.0601. The van der Waals surface area contributed by atoms with E-state index in [9.17, 15) is 4.79 Å². The maximum absolute atomic E-state index is 11.7. The van der Waals surface area contributed by atoms with E-state index >= 15 is 0 Å². The van der Waals surface area contributed by atoms with E-state index in [1.165, 1.54) is 23.8 Å². The molecule has 3 heteroatoms. The molecule has 3 nitrogen and oxygen atoms in total. The topological polar surface area (TPSA) is 42.1 Å². The van der Waals surface area contributed by atoms with Crippen molar-refractivity contribution in [1.82, 2.24) is 4.98 Å². The number of H-pyrrole nitrogens is 1. The number of rotatable bonds is 5. The van der Waals surface area contributed by atoms with Crippen LogP contribution >= 0.6 is 0 Å². The highest BCUT2D eigenvalue weighted by Crippen LogP contribution is 2.28. The third-order valence-electron chi connectivity index (χ3n) is 3.64. The molecule has 21 heavy (non-hydrogen) atoms. The zero-order valence-electron chi connectivity index (χ0n) is 13.6. The van der Waals surface area contributed by atoms with E-state index in [4.69, 9.17) is 4.74 Å². The zero-order chi connectivity index (χ0) is 15.6. The summed E-state index contributed by atoms with van der Waals surface area (Å²) >= 11 is 0. The Bertz CT molecular complexity index is 638. The van der Waals surface area contributed by atoms with Crippen LogP contribution in [-0.4, -0.2) is 18.1 Å². The third-order valence-corrected chi connectivity index (χ3v) is 3.64. The van der Waals surface area contributed by atoms with Crippen LogP contribution in [0, 0.1) is 11.8 Å². The summed E-state index contributed by atoms with van der Waals surface area (Å²) in [6.45, 7) is 8.93. The normalized spacial score (nSPS) is 11.6. The molecule has 0 spiro atoms. The first-order valence-electron chi connectivity index (χ1n) is 7.64. The highest BCUT2D eigenvalue weighted by molar-refractivity contribution is 5.95. The van der Waals surface area contributed by atoms with Crippen LogP contribution in [0.15, 0.2) is 18.2 Å². The first-order valence-corrected chi connectivity index (χ1v) is 7.64. The fourth-order valence-electron chi connectivity index (χ4n) is 2.78. The highest BCUT2D eigenvalue weighted by atomic mass is 16.5. The van der Waals surface area contributed by atoms with Gasteiger partial charge in [0.1, 0.15) is 0 Å². The van der Waals surface area contributed by atoms with Crippen molar-refractivity contribution in [3.63, 3.8) is 0 Å². The Labute approximate surface area is 126 Å². The number of hydrogen-bond donors (Lipinski definition) is 1. The number of aromatic nitrogens is 1. The Hall–Kier alpha value is -1.77. The van der Waals surface area contributed by atoms with Gasteiger partial charge in [0.15, 0.2) is 0 Å². The Morgan fingerprint density at radius 2 is 1.81 bits per heavy atom. The Balaban J connectivity index is 2.52. The molecule has 1 heterocycles. The van der Waals surface area contributed by atoms with Crippen molar-refractivity contribution in [3.8, 4) is 0 Å². The molecule has 0 radical (unpaired) electrons. The molecule has 0 amide bonds. The van der Waals surface area contributed by atoms with Crippen molar-refractivity contribution < 1.29 is 9.53 Å². The van der Waals surface area contributed by atoms with Crippen molar-refractivity contribution in [2.24, 2.45) is 11.8 Å². The highest BCUT2D eigenvalue weighted by Gasteiger charge is 2.15. The van der Waals surface area contributed by atoms with Crippen LogP contribution in [0.2, 0.25) is 0 Å². The van der Waals surface area contributed by atoms with Crippen LogP contribution in [0.1, 0.15) is 49.3 Å². The summed E-state index contributed by atoms with van der Waals surface area (Å²) in [5.74, 6) is 0.918. The van der Waals surface area contributed by atoms with Gasteiger partial charge in [-0.05, 0) is 42.4 Å². The van der Waals surface area contributed by atoms with Gasteiger partial charge in [-0.3, -0.25) is 0 Å². The zero-order valence-corrected chi connectivity index (χ0v) is 13.6. The van der Waals surface area contributed by atoms with Gasteiger partial charge in [-0.15, -0.1) is 0 Å². The molecular weight excluding hydrogens is 262 g/mol. The van der Waals surface area contributed by atoms with Crippen LogP contribution in [0.3, 0.4) is 0 Å². The van der Waals surface area contributed by atoms with Gasteiger partial charge in [-0.1, -0.05) is 33.8 Å². The van der Waals surface area contributed by atoms with E-state index in [2.05, 4.69) is 32.7 Å². The quantitative estimate of drug-likeness (QED) is 0.831. The number of fused-ring (bicyclic) bond motifs is 1. The van der Waals surface area contributed by atoms with Gasteiger partial charge < -0.3 is 9.72 Å². The minimum Gasteiger partial charge on any atom is -0.465 e. The molecule has 1 N–H and O–H groups in total. The number of carbonyl (C=O) groups is 1. The largest absolute Gasteiger partial charge is 0.465 e. The van der Waals surface area contributed by atoms with Crippen LogP contribution < -0.4 is 0 Å². The summed E-state index contributed by atoms with van der Waals surface area (Å²) in [5, 5.41) is 1.23. The molecule has 0 atom stereocenters. The lowest BCUT2D eigenvalue weighted by Crippen LogP contribution is -2.01. The van der Waals surface area contributed by atoms with Crippen molar-refractivity contribution in [3.05, 3.63) is 35.0 Å². The summed E-state index contributed by atoms with van der Waals surface area (Å²) in [6.07, 6.45) is 2.09. The van der Waals surface area contributed by atoms with E-state index in [0.717, 1.165) is 18.4 Å². The molecule has 0 saturated heterocycles. The summed E-state index contributed by atoms with van der Waals surface area (Å²) in [4.78, 5) is 15.2. The van der Waals surface area contributed by atoms with Gasteiger partial charge in [-0.2, -0.15) is 0 Å². The lowest BCUT2D eigenvalue weighted by Gasteiger charge is -2.09. The van der Waals surface area contributed by atoms with Crippen molar-refractivity contribution >= 4 is 16.9 Å². The molecule has 1 aromatic heterocycles. The minimum atomic E-state index is -0.290. The first-order chi connectivity index (χ1) is 9.92. The van der Waals surface area contributed by atoms with Crippen LogP contribution in [0.5, 0.6) is 0 Å². The van der Waals surface area contributed by atoms with Gasteiger partial charge in [0, 0.05) is 16.6 Å². The van der Waals surface area contributed by atoms with Crippen molar-refractivity contribution in [2.45, 2.75) is 40.5 Å². The molecule has 0 aliphatic carbocycles. The maximum atomic E-state index is 11.7. The summed E-state index contributed by atoms with van der Waals surface area (Å²) < 4.78 is 4.80. The average Bonchev–Trinajstić information content (AvgIpc) is 2.73. The maximum Gasteiger partial charge on any atom is 0.337 e. The second kappa shape index (κ2) is 6.33. The average molecular weight is 287 g/mol. The molecule has 0 fully saturated rings. The van der Waals surface area contributed by atoms with Crippen LogP contribution in [0.4, 0.5) is 0 Å². The number of benzene rings is 1. The van der Waals surface area contributed by atoms with E-state index in [1.807, 2.05) is 18.2 Å². The molecule has 1 aromatic carbocycles. The van der Waals surface area contributed by atoms with Crippen molar-refractivity contribution in [1.29, 1.82) is 0 Å². The number of nitrogens with one attached hydrogen (secondary N) is 1. The Morgan fingerprint density at radius 1 is 1.14 bits per heavy atom. The molecule has 114 valence electrons. The number of methoxy groups -OCH3 is 1. The van der Waals surface area contributed by atoms with Crippen LogP contribution in [0.25, 0.3) is 10.9 Å². The standard InChI is InChI=1S/C18H25NO2/c1-11(2)8-15-14-7-6-13(18(20)21-5)10-17(14)19-16(15)9-12(3)4/h6-7,10-12,19H,8-9H2,1-5H3. The Kier molecular flexibility index (Phi) is 4.71. The third kappa shape index (κ3) is 3.46. The van der Waals surface area contributed by atoms with E-state index in [-0.39, 0.29) is 5.97 Å². The van der Waals surface area contributed by atoms with Gasteiger partial charge >= 0.3 is 5.97 Å². The molecular formula is C18H25NO2. The smallest absolute Gasteiger partial charge is 0.337 e. The lowest BCUT2D eigenvalue weighted by atomic mass is 9.96. The fourth-order valence-corrected chi connectivity index (χ4v) is 2.78. The molecule has 0 unspecified atom stereocenters. The summed E-state index contributed by atoms with van der Waals surface area (Å²) in [5.41, 5.74) is 4.32. The molecule has 0 aliphatic heterocycles. The predicted octanol–water partition coefficient (Wildman–Crippen LogP) is 4.35. The van der Waals surface area contributed by atoms with Gasteiger partial charge in [0.05, 0.1) is 12.7 Å². The Morgan fingerprint density at radius 3 is 2.38 bits per heavy atom. The molecule has 0 aliphatic rings. The number of carbonyl (C=O) groups excluding carboxylic acids is 1. The second-order valence-corrected chi connectivity index (χ2v) is 6.53. The van der Waals surface area contributed by atoms with Crippen molar-refractivity contribution in [2.75, 3.05) is 7.11 Å². The van der Waals surface area contributed by atoms with Gasteiger partial charge in [0.2, 0.25) is 0 Å².